The maximum atomic E-state index is 10.4. The first-order valence-electron chi connectivity index (χ1n) is 3.07. The minimum Gasteiger partial charge on any atom is -0.452 e. The van der Waals surface area contributed by atoms with E-state index in [-0.39, 0.29) is 0 Å². The number of hydrogen-bond acceptors (Lipinski definition) is 3. The number of rotatable bonds is 2. The molecule has 0 aromatic rings. The van der Waals surface area contributed by atoms with Gasteiger partial charge in [0, 0.05) is 5.71 Å². The molecular formula is C6H12N2O2. The van der Waals surface area contributed by atoms with Crippen LogP contribution in [-0.4, -0.2) is 18.9 Å². The molecule has 0 radical (unpaired) electrons. The largest absolute Gasteiger partial charge is 0.452 e. The van der Waals surface area contributed by atoms with Gasteiger partial charge in [-0.05, 0) is 13.3 Å². The van der Waals surface area contributed by atoms with E-state index in [1.54, 1.807) is 0 Å². The summed E-state index contributed by atoms with van der Waals surface area (Å²) in [6.07, 6.45) is 0.289. The zero-order valence-corrected chi connectivity index (χ0v) is 6.47. The van der Waals surface area contributed by atoms with Crippen LogP contribution in [0.3, 0.4) is 0 Å². The Hall–Kier alpha value is -1.06. The van der Waals surface area contributed by atoms with Crippen molar-refractivity contribution >= 4 is 11.8 Å². The molecule has 0 saturated heterocycles. The first kappa shape index (κ1) is 8.94. The normalized spacial score (nSPS) is 10.9. The molecule has 0 aliphatic rings. The van der Waals surface area contributed by atoms with Gasteiger partial charge in [0.2, 0.25) is 0 Å². The summed E-state index contributed by atoms with van der Waals surface area (Å²) in [6, 6.07) is 0. The maximum absolute atomic E-state index is 10.4. The van der Waals surface area contributed by atoms with Crippen molar-refractivity contribution in [3.05, 3.63) is 0 Å². The zero-order valence-electron chi connectivity index (χ0n) is 6.47. The summed E-state index contributed by atoms with van der Waals surface area (Å²) in [6.45, 7) is 3.79. The molecular weight excluding hydrogens is 132 g/mol. The van der Waals surface area contributed by atoms with Gasteiger partial charge in [-0.25, -0.2) is 10.2 Å². The molecule has 58 valence electrons. The summed E-state index contributed by atoms with van der Waals surface area (Å²) in [5.41, 5.74) is 3.08. The fourth-order valence-corrected chi connectivity index (χ4v) is 0.266. The molecule has 0 saturated carbocycles. The summed E-state index contributed by atoms with van der Waals surface area (Å²) in [4.78, 5) is 10.4. The van der Waals surface area contributed by atoms with Crippen LogP contribution >= 0.6 is 0 Å². The van der Waals surface area contributed by atoms with Gasteiger partial charge in [-0.1, -0.05) is 6.92 Å². The summed E-state index contributed by atoms with van der Waals surface area (Å²) in [7, 11) is 1.30. The van der Waals surface area contributed by atoms with Crippen LogP contribution in [0.15, 0.2) is 5.10 Å². The second-order valence-electron chi connectivity index (χ2n) is 1.80. The van der Waals surface area contributed by atoms with E-state index in [9.17, 15) is 4.79 Å². The number of nitrogens with zero attached hydrogens (tertiary/aromatic N) is 1. The van der Waals surface area contributed by atoms with E-state index in [0.717, 1.165) is 12.1 Å². The molecule has 0 aliphatic heterocycles. The van der Waals surface area contributed by atoms with E-state index in [1.807, 2.05) is 13.8 Å². The van der Waals surface area contributed by atoms with Gasteiger partial charge in [0.25, 0.3) is 0 Å². The van der Waals surface area contributed by atoms with Crippen molar-refractivity contribution in [1.82, 2.24) is 5.43 Å². The lowest BCUT2D eigenvalue weighted by Crippen LogP contribution is -2.18. The number of carbonyl (C=O) groups is 1. The number of nitrogens with one attached hydrogen (secondary N) is 1. The van der Waals surface area contributed by atoms with Gasteiger partial charge >= 0.3 is 6.09 Å². The van der Waals surface area contributed by atoms with E-state index in [2.05, 4.69) is 15.3 Å². The van der Waals surface area contributed by atoms with Gasteiger partial charge in [-0.3, -0.25) is 0 Å². The monoisotopic (exact) mass is 144 g/mol. The van der Waals surface area contributed by atoms with Crippen molar-refractivity contribution in [2.75, 3.05) is 7.11 Å². The summed E-state index contributed by atoms with van der Waals surface area (Å²) in [5, 5.41) is 3.71. The molecule has 0 fully saturated rings. The Morgan fingerprint density at radius 3 is 2.70 bits per heavy atom. The quantitative estimate of drug-likeness (QED) is 0.466. The highest BCUT2D eigenvalue weighted by atomic mass is 16.5. The molecule has 4 nitrogen and oxygen atoms in total. The van der Waals surface area contributed by atoms with Crippen LogP contribution < -0.4 is 5.43 Å². The predicted octanol–water partition coefficient (Wildman–Crippen LogP) is 1.13. The highest BCUT2D eigenvalue weighted by Crippen LogP contribution is 1.81. The first-order chi connectivity index (χ1) is 4.70. The smallest absolute Gasteiger partial charge is 0.427 e. The number of hydrogen-bond donors (Lipinski definition) is 1. The third-order valence-electron chi connectivity index (χ3n) is 1.04. The average molecular weight is 144 g/mol. The summed E-state index contributed by atoms with van der Waals surface area (Å²) in [5.74, 6) is 0. The molecule has 0 aromatic carbocycles. The van der Waals surface area contributed by atoms with Crippen LogP contribution in [-0.2, 0) is 4.74 Å². The fraction of sp³-hybridized carbons (Fsp3) is 0.667. The summed E-state index contributed by atoms with van der Waals surface area (Å²) >= 11 is 0. The SMILES string of the molecule is CC/C(C)=N\NC(=O)OC. The van der Waals surface area contributed by atoms with Gasteiger partial charge in [0.05, 0.1) is 7.11 Å². The van der Waals surface area contributed by atoms with Crippen molar-refractivity contribution < 1.29 is 9.53 Å². The van der Waals surface area contributed by atoms with Crippen molar-refractivity contribution in [1.29, 1.82) is 0 Å². The van der Waals surface area contributed by atoms with E-state index in [4.69, 9.17) is 0 Å². The van der Waals surface area contributed by atoms with Crippen LogP contribution in [0.25, 0.3) is 0 Å². The molecule has 0 spiro atoms. The number of ether oxygens (including phenoxy) is 1. The van der Waals surface area contributed by atoms with E-state index >= 15 is 0 Å². The zero-order chi connectivity index (χ0) is 7.98. The van der Waals surface area contributed by atoms with Crippen LogP contribution in [0.2, 0.25) is 0 Å². The lowest BCUT2D eigenvalue weighted by Gasteiger charge is -1.96. The number of hydrazone groups is 1. The summed E-state index contributed by atoms with van der Waals surface area (Å²) < 4.78 is 4.29. The Balaban J connectivity index is 3.61. The number of methoxy groups -OCH3 is 1. The van der Waals surface area contributed by atoms with Crippen LogP contribution in [0.5, 0.6) is 0 Å². The minimum atomic E-state index is -0.534. The second-order valence-corrected chi connectivity index (χ2v) is 1.80. The molecule has 4 heteroatoms. The topological polar surface area (TPSA) is 50.7 Å². The van der Waals surface area contributed by atoms with Gasteiger partial charge in [0.15, 0.2) is 0 Å². The first-order valence-corrected chi connectivity index (χ1v) is 3.07. The van der Waals surface area contributed by atoms with Crippen molar-refractivity contribution in [3.8, 4) is 0 Å². The van der Waals surface area contributed by atoms with E-state index in [0.29, 0.717) is 0 Å². The van der Waals surface area contributed by atoms with Gasteiger partial charge in [-0.2, -0.15) is 5.10 Å². The lowest BCUT2D eigenvalue weighted by atomic mass is 10.3. The van der Waals surface area contributed by atoms with Crippen molar-refractivity contribution in [2.24, 2.45) is 5.10 Å². The molecule has 0 bridgehead atoms. The van der Waals surface area contributed by atoms with Crippen LogP contribution in [0.1, 0.15) is 20.3 Å². The minimum absolute atomic E-state index is 0.534. The molecule has 0 atom stereocenters. The van der Waals surface area contributed by atoms with Crippen molar-refractivity contribution in [3.63, 3.8) is 0 Å². The Labute approximate surface area is 60.3 Å². The molecule has 0 unspecified atom stereocenters. The van der Waals surface area contributed by atoms with Crippen LogP contribution in [0.4, 0.5) is 4.79 Å². The van der Waals surface area contributed by atoms with Gasteiger partial charge in [-0.15, -0.1) is 0 Å². The Morgan fingerprint density at radius 2 is 2.30 bits per heavy atom. The molecule has 0 aromatic heterocycles. The van der Waals surface area contributed by atoms with E-state index < -0.39 is 6.09 Å². The highest BCUT2D eigenvalue weighted by molar-refractivity contribution is 5.82. The van der Waals surface area contributed by atoms with Gasteiger partial charge < -0.3 is 4.74 Å². The van der Waals surface area contributed by atoms with Gasteiger partial charge in [0.1, 0.15) is 0 Å². The van der Waals surface area contributed by atoms with E-state index in [1.165, 1.54) is 7.11 Å². The molecule has 1 amide bonds. The van der Waals surface area contributed by atoms with Crippen molar-refractivity contribution in [2.45, 2.75) is 20.3 Å². The third kappa shape index (κ3) is 3.88. The Morgan fingerprint density at radius 1 is 1.70 bits per heavy atom. The molecule has 0 rings (SSSR count). The molecule has 10 heavy (non-hydrogen) atoms. The lowest BCUT2D eigenvalue weighted by molar-refractivity contribution is 0.171. The third-order valence-corrected chi connectivity index (χ3v) is 1.04. The highest BCUT2D eigenvalue weighted by Gasteiger charge is 1.93. The number of amides is 1. The molecule has 0 aliphatic carbocycles. The number of carbonyl (C=O) groups excluding carboxylic acids is 1. The second kappa shape index (κ2) is 4.78. The fourth-order valence-electron chi connectivity index (χ4n) is 0.266. The molecule has 1 N–H and O–H groups in total. The van der Waals surface area contributed by atoms with Crippen LogP contribution in [0, 0.1) is 0 Å². The molecule has 0 heterocycles. The average Bonchev–Trinajstić information content (AvgIpc) is 1.99. The Bertz CT molecular complexity index is 143. The standard InChI is InChI=1S/C6H12N2O2/c1-4-5(2)7-8-6(9)10-3/h4H2,1-3H3,(H,8,9)/b7-5-. The predicted molar refractivity (Wildman–Crippen MR) is 38.9 cm³/mol. The Kier molecular flexibility index (Phi) is 4.28. The maximum Gasteiger partial charge on any atom is 0.427 e.